The van der Waals surface area contributed by atoms with Gasteiger partial charge >= 0.3 is 0 Å². The van der Waals surface area contributed by atoms with E-state index in [1.807, 2.05) is 30.3 Å². The Balaban J connectivity index is 1.69. The zero-order valence-electron chi connectivity index (χ0n) is 13.8. The van der Waals surface area contributed by atoms with Gasteiger partial charge in [0.1, 0.15) is 17.1 Å². The molecular formula is C20H15FN2O2S. The molecule has 0 atom stereocenters. The summed E-state index contributed by atoms with van der Waals surface area (Å²) in [5.41, 5.74) is 1.19. The van der Waals surface area contributed by atoms with Gasteiger partial charge in [0.25, 0.3) is 0 Å². The summed E-state index contributed by atoms with van der Waals surface area (Å²) in [5.74, 6) is 0.136. The Hall–Kier alpha value is -2.99. The number of nitrogens with zero attached hydrogens (tertiary/aromatic N) is 2. The number of para-hydroxylation sites is 1. The van der Waals surface area contributed by atoms with Gasteiger partial charge in [-0.15, -0.1) is 0 Å². The molecule has 1 amide bonds. The highest BCUT2D eigenvalue weighted by molar-refractivity contribution is 7.22. The predicted octanol–water partition coefficient (Wildman–Crippen LogP) is 4.80. The van der Waals surface area contributed by atoms with Crippen LogP contribution in [0, 0.1) is 5.82 Å². The molecule has 0 radical (unpaired) electrons. The summed E-state index contributed by atoms with van der Waals surface area (Å²) >= 11 is 1.29. The number of carbonyl (C=O) groups excluding carboxylic acids is 1. The number of benzene rings is 2. The lowest BCUT2D eigenvalue weighted by atomic mass is 10.1. The van der Waals surface area contributed by atoms with Crippen LogP contribution in [0.4, 0.5) is 9.52 Å². The number of furan rings is 1. The minimum atomic E-state index is -0.390. The summed E-state index contributed by atoms with van der Waals surface area (Å²) in [6.07, 6.45) is 1.80. The van der Waals surface area contributed by atoms with E-state index in [1.165, 1.54) is 17.4 Å². The number of carbonyl (C=O) groups is 1. The van der Waals surface area contributed by atoms with Gasteiger partial charge in [-0.2, -0.15) is 0 Å². The molecule has 0 spiro atoms. The second-order valence-corrected chi connectivity index (χ2v) is 6.81. The first kappa shape index (κ1) is 16.5. The summed E-state index contributed by atoms with van der Waals surface area (Å²) in [4.78, 5) is 18.9. The molecular weight excluding hydrogens is 351 g/mol. The monoisotopic (exact) mass is 366 g/mol. The lowest BCUT2D eigenvalue weighted by Crippen LogP contribution is -2.31. The van der Waals surface area contributed by atoms with E-state index >= 15 is 0 Å². The number of anilines is 1. The van der Waals surface area contributed by atoms with Crippen molar-refractivity contribution in [1.29, 1.82) is 0 Å². The first-order chi connectivity index (χ1) is 12.7. The van der Waals surface area contributed by atoms with Crippen molar-refractivity contribution in [3.63, 3.8) is 0 Å². The minimum absolute atomic E-state index is 0.118. The molecule has 2 aromatic carbocycles. The van der Waals surface area contributed by atoms with Gasteiger partial charge in [-0.3, -0.25) is 9.69 Å². The first-order valence-corrected chi connectivity index (χ1v) is 8.94. The zero-order valence-corrected chi connectivity index (χ0v) is 14.6. The average molecular weight is 366 g/mol. The maximum absolute atomic E-state index is 14.0. The largest absolute Gasteiger partial charge is 0.467 e. The van der Waals surface area contributed by atoms with Crippen LogP contribution in [-0.2, 0) is 17.8 Å². The van der Waals surface area contributed by atoms with E-state index in [2.05, 4.69) is 4.98 Å². The molecule has 26 heavy (non-hydrogen) atoms. The van der Waals surface area contributed by atoms with Gasteiger partial charge in [-0.1, -0.05) is 47.7 Å². The number of amides is 1. The molecule has 0 aliphatic rings. The normalized spacial score (nSPS) is 11.0. The highest BCUT2D eigenvalue weighted by atomic mass is 32.1. The van der Waals surface area contributed by atoms with E-state index in [-0.39, 0.29) is 24.4 Å². The van der Waals surface area contributed by atoms with Gasteiger partial charge in [-0.05, 0) is 29.8 Å². The van der Waals surface area contributed by atoms with Gasteiger partial charge in [-0.25, -0.2) is 9.37 Å². The fourth-order valence-electron chi connectivity index (χ4n) is 2.71. The highest BCUT2D eigenvalue weighted by Crippen LogP contribution is 2.31. The third-order valence-electron chi connectivity index (χ3n) is 3.98. The van der Waals surface area contributed by atoms with Crippen LogP contribution in [0.25, 0.3) is 10.2 Å². The van der Waals surface area contributed by atoms with Crippen molar-refractivity contribution in [2.45, 2.75) is 13.0 Å². The van der Waals surface area contributed by atoms with E-state index in [0.717, 1.165) is 5.56 Å². The third kappa shape index (κ3) is 3.36. The molecule has 0 unspecified atom stereocenters. The molecule has 6 heteroatoms. The van der Waals surface area contributed by atoms with Gasteiger partial charge in [0, 0.05) is 0 Å². The molecule has 0 saturated heterocycles. The molecule has 0 aliphatic heterocycles. The van der Waals surface area contributed by atoms with Crippen molar-refractivity contribution in [3.05, 3.63) is 84.1 Å². The number of rotatable bonds is 5. The van der Waals surface area contributed by atoms with Gasteiger partial charge < -0.3 is 4.42 Å². The van der Waals surface area contributed by atoms with Crippen molar-refractivity contribution in [3.8, 4) is 0 Å². The van der Waals surface area contributed by atoms with Crippen molar-refractivity contribution < 1.29 is 13.6 Å². The number of hydrogen-bond donors (Lipinski definition) is 0. The first-order valence-electron chi connectivity index (χ1n) is 8.12. The predicted molar refractivity (Wildman–Crippen MR) is 99.6 cm³/mol. The van der Waals surface area contributed by atoms with Crippen LogP contribution < -0.4 is 4.90 Å². The number of fused-ring (bicyclic) bond motifs is 1. The van der Waals surface area contributed by atoms with Crippen LogP contribution in [0.15, 0.2) is 71.3 Å². The maximum atomic E-state index is 14.0. The molecule has 4 aromatic rings. The summed E-state index contributed by atoms with van der Waals surface area (Å²) in [7, 11) is 0. The second kappa shape index (κ2) is 7.09. The third-order valence-corrected chi connectivity index (χ3v) is 5.03. The zero-order chi connectivity index (χ0) is 17.9. The van der Waals surface area contributed by atoms with Crippen LogP contribution in [0.3, 0.4) is 0 Å². The Bertz CT molecular complexity index is 1030. The Labute approximate surface area is 153 Å². The molecule has 4 rings (SSSR count). The Morgan fingerprint density at radius 1 is 1.08 bits per heavy atom. The highest BCUT2D eigenvalue weighted by Gasteiger charge is 2.22. The molecule has 130 valence electrons. The molecule has 0 N–H and O–H groups in total. The Morgan fingerprint density at radius 2 is 1.92 bits per heavy atom. The molecule has 0 fully saturated rings. The Kier molecular flexibility index (Phi) is 4.50. The fourth-order valence-corrected chi connectivity index (χ4v) is 3.70. The molecule has 0 aliphatic carbocycles. The van der Waals surface area contributed by atoms with Crippen molar-refractivity contribution in [2.75, 3.05) is 4.90 Å². The second-order valence-electron chi connectivity index (χ2n) is 5.80. The maximum Gasteiger partial charge on any atom is 0.233 e. The number of hydrogen-bond acceptors (Lipinski definition) is 4. The van der Waals surface area contributed by atoms with E-state index in [9.17, 15) is 9.18 Å². The van der Waals surface area contributed by atoms with Crippen LogP contribution in [0.5, 0.6) is 0 Å². The van der Waals surface area contributed by atoms with E-state index in [0.29, 0.717) is 15.6 Å². The number of thiazole rings is 1. The quantitative estimate of drug-likeness (QED) is 0.509. The SMILES string of the molecule is O=C(Cc1ccccc1)N(Cc1ccco1)c1nc2c(F)cccc2s1. The van der Waals surface area contributed by atoms with Crippen LogP contribution in [0.2, 0.25) is 0 Å². The molecule has 2 heterocycles. The lowest BCUT2D eigenvalue weighted by Gasteiger charge is -2.18. The van der Waals surface area contributed by atoms with E-state index in [1.54, 1.807) is 35.4 Å². The molecule has 0 bridgehead atoms. The van der Waals surface area contributed by atoms with Crippen LogP contribution >= 0.6 is 11.3 Å². The topological polar surface area (TPSA) is 46.3 Å². The number of halogens is 1. The van der Waals surface area contributed by atoms with Gasteiger partial charge in [0.2, 0.25) is 5.91 Å². The summed E-state index contributed by atoms with van der Waals surface area (Å²) in [6, 6.07) is 17.9. The molecule has 4 nitrogen and oxygen atoms in total. The minimum Gasteiger partial charge on any atom is -0.467 e. The van der Waals surface area contributed by atoms with Crippen LogP contribution in [0.1, 0.15) is 11.3 Å². The summed E-state index contributed by atoms with van der Waals surface area (Å²) < 4.78 is 20.1. The van der Waals surface area contributed by atoms with Crippen molar-refractivity contribution in [1.82, 2.24) is 4.98 Å². The smallest absolute Gasteiger partial charge is 0.233 e. The van der Waals surface area contributed by atoms with E-state index in [4.69, 9.17) is 4.42 Å². The summed E-state index contributed by atoms with van der Waals surface area (Å²) in [5, 5.41) is 0.461. The standard InChI is InChI=1S/C20H15FN2O2S/c21-16-9-4-10-17-19(16)22-20(26-17)23(13-15-8-5-11-25-15)18(24)12-14-6-2-1-3-7-14/h1-11H,12-13H2. The van der Waals surface area contributed by atoms with Crippen molar-refractivity contribution >= 4 is 32.6 Å². The number of aromatic nitrogens is 1. The van der Waals surface area contributed by atoms with Crippen molar-refractivity contribution in [2.24, 2.45) is 0 Å². The van der Waals surface area contributed by atoms with E-state index < -0.39 is 5.82 Å². The lowest BCUT2D eigenvalue weighted by molar-refractivity contribution is -0.118. The van der Waals surface area contributed by atoms with Gasteiger partial charge in [0.15, 0.2) is 5.13 Å². The van der Waals surface area contributed by atoms with Crippen LogP contribution in [-0.4, -0.2) is 10.9 Å². The van der Waals surface area contributed by atoms with Gasteiger partial charge in [0.05, 0.1) is 23.9 Å². The summed E-state index contributed by atoms with van der Waals surface area (Å²) in [6.45, 7) is 0.250. The Morgan fingerprint density at radius 3 is 2.65 bits per heavy atom. The fraction of sp³-hybridized carbons (Fsp3) is 0.100. The average Bonchev–Trinajstić information content (AvgIpc) is 3.30. The molecule has 2 aromatic heterocycles. The molecule has 0 saturated carbocycles.